The second kappa shape index (κ2) is 5.95. The summed E-state index contributed by atoms with van der Waals surface area (Å²) in [6, 6.07) is 1.78. The number of methoxy groups -OCH3 is 1. The Hall–Kier alpha value is -2.18. The van der Waals surface area contributed by atoms with Gasteiger partial charge in [0.05, 0.1) is 13.3 Å². The number of aromatic nitrogens is 5. The molecule has 0 amide bonds. The Balaban J connectivity index is 1.81. The minimum Gasteiger partial charge on any atom is -0.481 e. The fourth-order valence-corrected chi connectivity index (χ4v) is 1.54. The van der Waals surface area contributed by atoms with E-state index in [1.165, 1.54) is 0 Å². The van der Waals surface area contributed by atoms with Crippen LogP contribution < -0.4 is 10.1 Å². The molecule has 0 saturated carbocycles. The zero-order valence-corrected chi connectivity index (χ0v) is 10.5. The van der Waals surface area contributed by atoms with Crippen molar-refractivity contribution in [2.24, 2.45) is 0 Å². The molecule has 0 aliphatic rings. The molecule has 2 rings (SSSR count). The van der Waals surface area contributed by atoms with E-state index in [1.807, 2.05) is 13.1 Å². The van der Waals surface area contributed by atoms with E-state index >= 15 is 0 Å². The maximum atomic E-state index is 5.09. The molecule has 0 atom stereocenters. The molecule has 0 bridgehead atoms. The van der Waals surface area contributed by atoms with Crippen LogP contribution in [-0.4, -0.2) is 38.6 Å². The van der Waals surface area contributed by atoms with E-state index in [0.717, 1.165) is 25.3 Å². The highest BCUT2D eigenvalue weighted by molar-refractivity contribution is 5.38. The second-order valence-corrected chi connectivity index (χ2v) is 3.79. The average molecular weight is 248 g/mol. The van der Waals surface area contributed by atoms with Crippen LogP contribution in [0, 0.1) is 6.92 Å². The maximum Gasteiger partial charge on any atom is 0.218 e. The fourth-order valence-electron chi connectivity index (χ4n) is 1.54. The number of hydrogen-bond acceptors (Lipinski definition) is 6. The SMILES string of the molecule is COc1cc(NCCCn2ccnn2)nc(C)n1. The molecule has 96 valence electrons. The summed E-state index contributed by atoms with van der Waals surface area (Å²) in [6.07, 6.45) is 4.46. The predicted molar refractivity (Wildman–Crippen MR) is 66.4 cm³/mol. The first-order valence-electron chi connectivity index (χ1n) is 5.75. The summed E-state index contributed by atoms with van der Waals surface area (Å²) in [5.74, 6) is 2.03. The number of nitrogens with zero attached hydrogens (tertiary/aromatic N) is 5. The van der Waals surface area contributed by atoms with E-state index in [1.54, 1.807) is 24.1 Å². The Labute approximate surface area is 105 Å². The number of aryl methyl sites for hydroxylation is 2. The van der Waals surface area contributed by atoms with Crippen molar-refractivity contribution in [2.75, 3.05) is 19.0 Å². The Morgan fingerprint density at radius 3 is 3.00 bits per heavy atom. The van der Waals surface area contributed by atoms with Crippen LogP contribution in [0.5, 0.6) is 5.88 Å². The summed E-state index contributed by atoms with van der Waals surface area (Å²) in [5, 5.41) is 10.9. The molecule has 7 heteroatoms. The first kappa shape index (κ1) is 12.3. The van der Waals surface area contributed by atoms with Gasteiger partial charge in [0.2, 0.25) is 5.88 Å². The third-order valence-corrected chi connectivity index (χ3v) is 2.37. The normalized spacial score (nSPS) is 10.3. The van der Waals surface area contributed by atoms with Crippen molar-refractivity contribution >= 4 is 5.82 Å². The van der Waals surface area contributed by atoms with Gasteiger partial charge in [0, 0.05) is 25.4 Å². The van der Waals surface area contributed by atoms with Crippen molar-refractivity contribution in [3.05, 3.63) is 24.3 Å². The average Bonchev–Trinajstić information content (AvgIpc) is 2.87. The van der Waals surface area contributed by atoms with E-state index in [-0.39, 0.29) is 0 Å². The second-order valence-electron chi connectivity index (χ2n) is 3.79. The van der Waals surface area contributed by atoms with E-state index in [2.05, 4.69) is 25.6 Å². The van der Waals surface area contributed by atoms with Gasteiger partial charge in [0.15, 0.2) is 0 Å². The Morgan fingerprint density at radius 2 is 2.28 bits per heavy atom. The maximum absolute atomic E-state index is 5.09. The minimum atomic E-state index is 0.571. The number of hydrogen-bond donors (Lipinski definition) is 1. The summed E-state index contributed by atoms with van der Waals surface area (Å²) in [4.78, 5) is 8.40. The molecule has 0 spiro atoms. The highest BCUT2D eigenvalue weighted by atomic mass is 16.5. The first-order valence-corrected chi connectivity index (χ1v) is 5.75. The number of nitrogens with one attached hydrogen (secondary N) is 1. The summed E-state index contributed by atoms with van der Waals surface area (Å²) >= 11 is 0. The van der Waals surface area contributed by atoms with Gasteiger partial charge in [-0.05, 0) is 13.3 Å². The van der Waals surface area contributed by atoms with Crippen molar-refractivity contribution < 1.29 is 4.74 Å². The molecule has 0 aromatic carbocycles. The van der Waals surface area contributed by atoms with Gasteiger partial charge in [-0.3, -0.25) is 4.68 Å². The zero-order valence-electron chi connectivity index (χ0n) is 10.5. The van der Waals surface area contributed by atoms with Crippen molar-refractivity contribution in [2.45, 2.75) is 19.9 Å². The van der Waals surface area contributed by atoms with Gasteiger partial charge in [-0.2, -0.15) is 4.98 Å². The summed E-state index contributed by atoms with van der Waals surface area (Å²) < 4.78 is 6.89. The molecular weight excluding hydrogens is 232 g/mol. The number of ether oxygens (including phenoxy) is 1. The minimum absolute atomic E-state index is 0.571. The molecule has 2 aromatic heterocycles. The van der Waals surface area contributed by atoms with Gasteiger partial charge in [0.25, 0.3) is 0 Å². The van der Waals surface area contributed by atoms with E-state index in [4.69, 9.17) is 4.74 Å². The van der Waals surface area contributed by atoms with Gasteiger partial charge in [-0.15, -0.1) is 5.10 Å². The van der Waals surface area contributed by atoms with Gasteiger partial charge in [-0.1, -0.05) is 5.21 Å². The zero-order chi connectivity index (χ0) is 12.8. The third-order valence-electron chi connectivity index (χ3n) is 2.37. The monoisotopic (exact) mass is 248 g/mol. The lowest BCUT2D eigenvalue weighted by Gasteiger charge is -2.07. The highest BCUT2D eigenvalue weighted by Gasteiger charge is 2.01. The fraction of sp³-hybridized carbons (Fsp3) is 0.455. The standard InChI is InChI=1S/C11H16N6O/c1-9-14-10(8-11(15-9)18-2)12-4-3-6-17-7-5-13-16-17/h5,7-8H,3-4,6H2,1-2H3,(H,12,14,15). The molecular formula is C11H16N6O. The predicted octanol–water partition coefficient (Wildman–Crippen LogP) is 0.887. The van der Waals surface area contributed by atoms with Crippen molar-refractivity contribution in [3.63, 3.8) is 0 Å². The van der Waals surface area contributed by atoms with Gasteiger partial charge >= 0.3 is 0 Å². The van der Waals surface area contributed by atoms with Gasteiger partial charge in [-0.25, -0.2) is 4.98 Å². The molecule has 18 heavy (non-hydrogen) atoms. The lowest BCUT2D eigenvalue weighted by Crippen LogP contribution is -2.09. The Morgan fingerprint density at radius 1 is 1.39 bits per heavy atom. The Bertz CT molecular complexity index is 484. The van der Waals surface area contributed by atoms with Crippen LogP contribution in [0.4, 0.5) is 5.82 Å². The summed E-state index contributed by atoms with van der Waals surface area (Å²) in [7, 11) is 1.59. The topological polar surface area (TPSA) is 77.8 Å². The molecule has 0 aliphatic heterocycles. The van der Waals surface area contributed by atoms with E-state index < -0.39 is 0 Å². The third kappa shape index (κ3) is 3.41. The van der Waals surface area contributed by atoms with Gasteiger partial charge in [0.1, 0.15) is 11.6 Å². The molecule has 1 N–H and O–H groups in total. The molecule has 2 heterocycles. The summed E-state index contributed by atoms with van der Waals surface area (Å²) in [5.41, 5.74) is 0. The van der Waals surface area contributed by atoms with E-state index in [0.29, 0.717) is 11.7 Å². The van der Waals surface area contributed by atoms with Crippen LogP contribution in [0.1, 0.15) is 12.2 Å². The highest BCUT2D eigenvalue weighted by Crippen LogP contribution is 2.12. The lowest BCUT2D eigenvalue weighted by atomic mass is 10.4. The first-order chi connectivity index (χ1) is 8.78. The largest absolute Gasteiger partial charge is 0.481 e. The molecule has 0 radical (unpaired) electrons. The quantitative estimate of drug-likeness (QED) is 0.765. The number of anilines is 1. The number of rotatable bonds is 6. The molecule has 0 aliphatic carbocycles. The van der Waals surface area contributed by atoms with Gasteiger partial charge < -0.3 is 10.1 Å². The molecule has 0 unspecified atom stereocenters. The summed E-state index contributed by atoms with van der Waals surface area (Å²) in [6.45, 7) is 3.47. The van der Waals surface area contributed by atoms with Crippen LogP contribution in [0.25, 0.3) is 0 Å². The van der Waals surface area contributed by atoms with Crippen LogP contribution >= 0.6 is 0 Å². The smallest absolute Gasteiger partial charge is 0.218 e. The van der Waals surface area contributed by atoms with Crippen LogP contribution in [0.3, 0.4) is 0 Å². The van der Waals surface area contributed by atoms with Crippen molar-refractivity contribution in [3.8, 4) is 5.88 Å². The van der Waals surface area contributed by atoms with Crippen LogP contribution in [0.15, 0.2) is 18.5 Å². The molecule has 0 fully saturated rings. The molecule has 2 aromatic rings. The van der Waals surface area contributed by atoms with Crippen LogP contribution in [-0.2, 0) is 6.54 Å². The lowest BCUT2D eigenvalue weighted by molar-refractivity contribution is 0.396. The van der Waals surface area contributed by atoms with Crippen molar-refractivity contribution in [1.29, 1.82) is 0 Å². The van der Waals surface area contributed by atoms with Crippen molar-refractivity contribution in [1.82, 2.24) is 25.0 Å². The molecule has 7 nitrogen and oxygen atoms in total. The Kier molecular flexibility index (Phi) is 4.06. The van der Waals surface area contributed by atoms with Crippen LogP contribution in [0.2, 0.25) is 0 Å². The molecule has 0 saturated heterocycles. The van der Waals surface area contributed by atoms with E-state index in [9.17, 15) is 0 Å².